The van der Waals surface area contributed by atoms with Crippen LogP contribution >= 0.6 is 23.1 Å². The van der Waals surface area contributed by atoms with Gasteiger partial charge in [0.2, 0.25) is 5.13 Å². The van der Waals surface area contributed by atoms with E-state index < -0.39 is 0 Å². The number of methoxy groups -OCH3 is 1. The molecule has 0 unspecified atom stereocenters. The van der Waals surface area contributed by atoms with Crippen molar-refractivity contribution in [2.45, 2.75) is 4.34 Å². The lowest BCUT2D eigenvalue weighted by Crippen LogP contribution is -2.25. The van der Waals surface area contributed by atoms with Gasteiger partial charge in [-0.15, -0.1) is 10.2 Å². The molecular formula is C19H16N4O4S2. The number of benzene rings is 2. The van der Waals surface area contributed by atoms with Crippen LogP contribution in [0.25, 0.3) is 0 Å². The summed E-state index contributed by atoms with van der Waals surface area (Å²) in [5.41, 5.74) is 1.88. The van der Waals surface area contributed by atoms with Crippen LogP contribution in [0, 0.1) is 0 Å². The van der Waals surface area contributed by atoms with Gasteiger partial charge in [0.25, 0.3) is 5.91 Å². The summed E-state index contributed by atoms with van der Waals surface area (Å²) in [6.07, 6.45) is 0. The van der Waals surface area contributed by atoms with Crippen LogP contribution in [0.5, 0.6) is 11.5 Å². The summed E-state index contributed by atoms with van der Waals surface area (Å²) in [5, 5.41) is 14.7. The number of nitrogens with zero attached hydrogens (tertiary/aromatic N) is 2. The third kappa shape index (κ3) is 4.66. The van der Waals surface area contributed by atoms with Crippen LogP contribution < -0.4 is 20.1 Å². The smallest absolute Gasteiger partial charge is 0.262 e. The number of amides is 1. The van der Waals surface area contributed by atoms with Crippen molar-refractivity contribution in [3.8, 4) is 11.5 Å². The predicted octanol–water partition coefficient (Wildman–Crippen LogP) is 3.60. The number of rotatable bonds is 7. The SMILES string of the molecule is COc1ccc(Nc2nnc(SCC(=O)c3ccc4c(c3)NC(=O)CO4)s2)cc1. The van der Waals surface area contributed by atoms with Crippen LogP contribution in [0.1, 0.15) is 10.4 Å². The van der Waals surface area contributed by atoms with Crippen molar-refractivity contribution in [3.63, 3.8) is 0 Å². The number of hydrogen-bond acceptors (Lipinski definition) is 9. The number of thioether (sulfide) groups is 1. The topological polar surface area (TPSA) is 102 Å². The first-order valence-corrected chi connectivity index (χ1v) is 10.4. The Morgan fingerprint density at radius 2 is 2.10 bits per heavy atom. The number of hydrogen-bond donors (Lipinski definition) is 2. The molecule has 2 heterocycles. The Bertz CT molecular complexity index is 1050. The summed E-state index contributed by atoms with van der Waals surface area (Å²) in [6.45, 7) is -0.0138. The van der Waals surface area contributed by atoms with Crippen molar-refractivity contribution < 1.29 is 19.1 Å². The Morgan fingerprint density at radius 1 is 1.28 bits per heavy atom. The fourth-order valence-corrected chi connectivity index (χ4v) is 4.25. The molecule has 0 saturated carbocycles. The summed E-state index contributed by atoms with van der Waals surface area (Å²) in [4.78, 5) is 23.9. The van der Waals surface area contributed by atoms with E-state index in [4.69, 9.17) is 9.47 Å². The normalized spacial score (nSPS) is 12.5. The fourth-order valence-electron chi connectivity index (χ4n) is 2.58. The van der Waals surface area contributed by atoms with E-state index in [-0.39, 0.29) is 24.1 Å². The largest absolute Gasteiger partial charge is 0.497 e. The lowest BCUT2D eigenvalue weighted by atomic mass is 10.1. The van der Waals surface area contributed by atoms with E-state index in [1.165, 1.54) is 23.1 Å². The Labute approximate surface area is 174 Å². The van der Waals surface area contributed by atoms with E-state index in [0.29, 0.717) is 26.5 Å². The van der Waals surface area contributed by atoms with Gasteiger partial charge in [-0.1, -0.05) is 23.1 Å². The van der Waals surface area contributed by atoms with Gasteiger partial charge in [0.1, 0.15) is 11.5 Å². The monoisotopic (exact) mass is 428 g/mol. The highest BCUT2D eigenvalue weighted by Gasteiger charge is 2.18. The van der Waals surface area contributed by atoms with Crippen LogP contribution in [0.2, 0.25) is 0 Å². The van der Waals surface area contributed by atoms with Crippen molar-refractivity contribution >= 4 is 51.3 Å². The maximum absolute atomic E-state index is 12.5. The fraction of sp³-hybridized carbons (Fsp3) is 0.158. The molecule has 29 heavy (non-hydrogen) atoms. The standard InChI is InChI=1S/C19H16N4O4S2/c1-26-13-5-3-12(4-6-13)20-18-22-23-19(29-18)28-10-15(24)11-2-7-16-14(8-11)21-17(25)9-27-16/h2-8H,9-10H2,1H3,(H,20,22)(H,21,25). The van der Waals surface area contributed by atoms with E-state index in [1.54, 1.807) is 25.3 Å². The molecule has 0 bridgehead atoms. The molecule has 2 aromatic carbocycles. The zero-order chi connectivity index (χ0) is 20.2. The van der Waals surface area contributed by atoms with Crippen molar-refractivity contribution in [3.05, 3.63) is 48.0 Å². The number of nitrogens with one attached hydrogen (secondary N) is 2. The highest BCUT2D eigenvalue weighted by atomic mass is 32.2. The summed E-state index contributed by atoms with van der Waals surface area (Å²) in [5.74, 6) is 1.24. The second-order valence-electron chi connectivity index (χ2n) is 5.99. The number of Topliss-reactive ketones (excluding diaryl/α,β-unsaturated/α-hetero) is 1. The number of carbonyl (C=O) groups is 2. The molecule has 1 aromatic heterocycles. The zero-order valence-corrected chi connectivity index (χ0v) is 16.9. The molecule has 0 radical (unpaired) electrons. The summed E-state index contributed by atoms with van der Waals surface area (Å²) in [7, 11) is 1.62. The van der Waals surface area contributed by atoms with Gasteiger partial charge in [-0.3, -0.25) is 9.59 Å². The maximum Gasteiger partial charge on any atom is 0.262 e. The molecule has 8 nitrogen and oxygen atoms in total. The molecule has 0 aliphatic carbocycles. The Kier molecular flexibility index (Phi) is 5.63. The number of ketones is 1. The zero-order valence-electron chi connectivity index (χ0n) is 15.3. The van der Waals surface area contributed by atoms with Crippen molar-refractivity contribution in [1.82, 2.24) is 10.2 Å². The molecule has 3 aromatic rings. The lowest BCUT2D eigenvalue weighted by molar-refractivity contribution is -0.118. The number of anilines is 3. The van der Waals surface area contributed by atoms with Crippen molar-refractivity contribution in [2.75, 3.05) is 30.1 Å². The van der Waals surface area contributed by atoms with Crippen LogP contribution in [0.15, 0.2) is 46.8 Å². The van der Waals surface area contributed by atoms with Gasteiger partial charge < -0.3 is 20.1 Å². The van der Waals surface area contributed by atoms with E-state index in [9.17, 15) is 9.59 Å². The van der Waals surface area contributed by atoms with Crippen LogP contribution in [-0.2, 0) is 4.79 Å². The van der Waals surface area contributed by atoms with E-state index in [1.807, 2.05) is 24.3 Å². The summed E-state index contributed by atoms with van der Waals surface area (Å²) < 4.78 is 11.1. The van der Waals surface area contributed by atoms with Gasteiger partial charge >= 0.3 is 0 Å². The first-order valence-electron chi connectivity index (χ1n) is 8.58. The predicted molar refractivity (Wildman–Crippen MR) is 112 cm³/mol. The van der Waals surface area contributed by atoms with Crippen molar-refractivity contribution in [2.24, 2.45) is 0 Å². The third-order valence-corrected chi connectivity index (χ3v) is 5.98. The number of fused-ring (bicyclic) bond motifs is 1. The first kappa shape index (κ1) is 19.2. The summed E-state index contributed by atoms with van der Waals surface area (Å²) >= 11 is 2.68. The second kappa shape index (κ2) is 8.50. The van der Waals surface area contributed by atoms with Crippen LogP contribution in [0.3, 0.4) is 0 Å². The number of ether oxygens (including phenoxy) is 2. The minimum Gasteiger partial charge on any atom is -0.497 e. The minimum atomic E-state index is -0.234. The number of aromatic nitrogens is 2. The molecule has 1 aliphatic heterocycles. The molecule has 4 rings (SSSR count). The molecule has 0 atom stereocenters. The minimum absolute atomic E-state index is 0.0138. The van der Waals surface area contributed by atoms with E-state index in [0.717, 1.165) is 11.4 Å². The lowest BCUT2D eigenvalue weighted by Gasteiger charge is -2.18. The first-order chi connectivity index (χ1) is 14.1. The van der Waals surface area contributed by atoms with E-state index >= 15 is 0 Å². The molecule has 1 amide bonds. The highest BCUT2D eigenvalue weighted by Crippen LogP contribution is 2.31. The Balaban J connectivity index is 1.35. The van der Waals surface area contributed by atoms with E-state index in [2.05, 4.69) is 20.8 Å². The van der Waals surface area contributed by atoms with Gasteiger partial charge in [-0.2, -0.15) is 0 Å². The molecule has 1 aliphatic rings. The average molecular weight is 428 g/mol. The van der Waals surface area contributed by atoms with Gasteiger partial charge in [0.15, 0.2) is 16.7 Å². The molecule has 0 spiro atoms. The summed E-state index contributed by atoms with van der Waals surface area (Å²) in [6, 6.07) is 12.5. The molecule has 0 fully saturated rings. The van der Waals surface area contributed by atoms with Crippen LogP contribution in [0.4, 0.5) is 16.5 Å². The molecule has 148 valence electrons. The molecule has 2 N–H and O–H groups in total. The second-order valence-corrected chi connectivity index (χ2v) is 8.19. The quantitative estimate of drug-likeness (QED) is 0.435. The highest BCUT2D eigenvalue weighted by molar-refractivity contribution is 8.01. The molecular weight excluding hydrogens is 412 g/mol. The third-order valence-electron chi connectivity index (χ3n) is 4.01. The molecule has 0 saturated heterocycles. The maximum atomic E-state index is 12.5. The average Bonchev–Trinajstić information content (AvgIpc) is 3.19. The van der Waals surface area contributed by atoms with Crippen LogP contribution in [-0.4, -0.2) is 41.4 Å². The Morgan fingerprint density at radius 3 is 2.90 bits per heavy atom. The van der Waals surface area contributed by atoms with Gasteiger partial charge in [-0.05, 0) is 42.5 Å². The molecule has 10 heteroatoms. The van der Waals surface area contributed by atoms with Crippen molar-refractivity contribution in [1.29, 1.82) is 0 Å². The van der Waals surface area contributed by atoms with Gasteiger partial charge in [-0.25, -0.2) is 0 Å². The van der Waals surface area contributed by atoms with Gasteiger partial charge in [0.05, 0.1) is 18.6 Å². The Hall–Kier alpha value is -3.11. The van der Waals surface area contributed by atoms with Gasteiger partial charge in [0, 0.05) is 11.3 Å². The number of carbonyl (C=O) groups excluding carboxylic acids is 2.